The van der Waals surface area contributed by atoms with E-state index in [-0.39, 0.29) is 30.8 Å². The van der Waals surface area contributed by atoms with Gasteiger partial charge in [-0.2, -0.15) is 0 Å². The van der Waals surface area contributed by atoms with Crippen LogP contribution in [0, 0.1) is 6.92 Å². The summed E-state index contributed by atoms with van der Waals surface area (Å²) in [7, 11) is 1.78. The van der Waals surface area contributed by atoms with Gasteiger partial charge in [0.15, 0.2) is 13.1 Å². The predicted octanol–water partition coefficient (Wildman–Crippen LogP) is 1.23. The maximum Gasteiger partial charge on any atom is 0.279 e. The molecule has 2 aromatic rings. The topological polar surface area (TPSA) is 91.7 Å². The molecule has 0 saturated carbocycles. The molecule has 0 aliphatic heterocycles. The number of para-hydroxylation sites is 1. The molecule has 0 fully saturated rings. The van der Waals surface area contributed by atoms with Crippen LogP contribution in [0.15, 0.2) is 48.5 Å². The Morgan fingerprint density at radius 1 is 0.931 bits per heavy atom. The van der Waals surface area contributed by atoms with E-state index in [4.69, 9.17) is 0 Å². The number of hydrogen-bond acceptors (Lipinski definition) is 3. The first-order valence-electron chi connectivity index (χ1n) is 9.74. The van der Waals surface area contributed by atoms with E-state index in [0.29, 0.717) is 23.5 Å². The lowest BCUT2D eigenvalue weighted by Crippen LogP contribution is -3.11. The largest absolute Gasteiger partial charge is 0.351 e. The van der Waals surface area contributed by atoms with Crippen LogP contribution in [0.3, 0.4) is 0 Å². The van der Waals surface area contributed by atoms with Gasteiger partial charge in [0.1, 0.15) is 0 Å². The number of benzene rings is 2. The van der Waals surface area contributed by atoms with Crippen molar-refractivity contribution >= 4 is 29.1 Å². The molecule has 0 spiro atoms. The first-order valence-corrected chi connectivity index (χ1v) is 9.74. The first-order chi connectivity index (χ1) is 13.9. The molecule has 2 aromatic carbocycles. The standard InChI is InChI=1S/C22H28N4O3/c1-4-12-23-20(27)14-26(3)15-21(28)25-19-11-6-5-10-18(19)22(29)24-17-9-7-8-16(2)13-17/h5-11,13H,4,12,14-15H2,1-3H3,(H,23,27)(H,24,29)(H,25,28)/p+1. The second-order valence-electron chi connectivity index (χ2n) is 7.08. The molecule has 0 aromatic heterocycles. The van der Waals surface area contributed by atoms with Crippen LogP contribution < -0.4 is 20.9 Å². The third-order valence-corrected chi connectivity index (χ3v) is 4.22. The molecule has 3 amide bonds. The Bertz CT molecular complexity index is 867. The van der Waals surface area contributed by atoms with E-state index in [1.54, 1.807) is 31.3 Å². The normalized spacial score (nSPS) is 11.4. The van der Waals surface area contributed by atoms with Crippen molar-refractivity contribution in [3.05, 3.63) is 59.7 Å². The molecule has 0 heterocycles. The van der Waals surface area contributed by atoms with E-state index < -0.39 is 0 Å². The van der Waals surface area contributed by atoms with Gasteiger partial charge in [0.05, 0.1) is 18.3 Å². The van der Waals surface area contributed by atoms with Crippen molar-refractivity contribution < 1.29 is 19.3 Å². The van der Waals surface area contributed by atoms with Gasteiger partial charge in [0.25, 0.3) is 17.7 Å². The highest BCUT2D eigenvalue weighted by atomic mass is 16.2. The third-order valence-electron chi connectivity index (χ3n) is 4.22. The lowest BCUT2D eigenvalue weighted by molar-refractivity contribution is -0.862. The fourth-order valence-electron chi connectivity index (χ4n) is 2.84. The van der Waals surface area contributed by atoms with Crippen molar-refractivity contribution in [2.75, 3.05) is 37.3 Å². The Morgan fingerprint density at radius 2 is 1.66 bits per heavy atom. The summed E-state index contributed by atoms with van der Waals surface area (Å²) < 4.78 is 0. The summed E-state index contributed by atoms with van der Waals surface area (Å²) in [6, 6.07) is 14.4. The molecule has 29 heavy (non-hydrogen) atoms. The Kier molecular flexibility index (Phi) is 8.36. The maximum atomic E-state index is 12.7. The Labute approximate surface area is 171 Å². The highest BCUT2D eigenvalue weighted by molar-refractivity contribution is 6.10. The molecule has 2 rings (SSSR count). The molecule has 1 unspecified atom stereocenters. The van der Waals surface area contributed by atoms with Gasteiger partial charge in [-0.3, -0.25) is 14.4 Å². The fourth-order valence-corrected chi connectivity index (χ4v) is 2.84. The van der Waals surface area contributed by atoms with Gasteiger partial charge < -0.3 is 20.9 Å². The summed E-state index contributed by atoms with van der Waals surface area (Å²) >= 11 is 0. The molecule has 0 aliphatic rings. The molecule has 7 nitrogen and oxygen atoms in total. The Hall–Kier alpha value is -3.19. The predicted molar refractivity (Wildman–Crippen MR) is 114 cm³/mol. The van der Waals surface area contributed by atoms with Gasteiger partial charge in [-0.25, -0.2) is 0 Å². The van der Waals surface area contributed by atoms with Crippen LogP contribution in [0.2, 0.25) is 0 Å². The maximum absolute atomic E-state index is 12.7. The first kappa shape index (κ1) is 22.1. The number of quaternary nitrogens is 1. The summed E-state index contributed by atoms with van der Waals surface area (Å²) in [6.07, 6.45) is 0.868. The zero-order valence-corrected chi connectivity index (χ0v) is 17.2. The molecule has 1 atom stereocenters. The van der Waals surface area contributed by atoms with Crippen LogP contribution in [0.25, 0.3) is 0 Å². The molecule has 154 valence electrons. The van der Waals surface area contributed by atoms with Gasteiger partial charge >= 0.3 is 0 Å². The quantitative estimate of drug-likeness (QED) is 0.513. The number of amides is 3. The van der Waals surface area contributed by atoms with Gasteiger partial charge in [-0.15, -0.1) is 0 Å². The molecule has 0 saturated heterocycles. The van der Waals surface area contributed by atoms with Crippen molar-refractivity contribution in [3.63, 3.8) is 0 Å². The molecule has 4 N–H and O–H groups in total. The van der Waals surface area contributed by atoms with Crippen molar-refractivity contribution in [3.8, 4) is 0 Å². The zero-order chi connectivity index (χ0) is 21.2. The molecule has 0 bridgehead atoms. The lowest BCUT2D eigenvalue weighted by Gasteiger charge is -2.15. The van der Waals surface area contributed by atoms with Gasteiger partial charge in [-0.1, -0.05) is 31.2 Å². The van der Waals surface area contributed by atoms with Gasteiger partial charge in [0, 0.05) is 12.2 Å². The van der Waals surface area contributed by atoms with Crippen molar-refractivity contribution in [2.45, 2.75) is 20.3 Å². The highest BCUT2D eigenvalue weighted by Gasteiger charge is 2.17. The minimum absolute atomic E-state index is 0.0879. The van der Waals surface area contributed by atoms with Crippen LogP contribution in [-0.4, -0.2) is 44.4 Å². The zero-order valence-electron chi connectivity index (χ0n) is 17.2. The molecule has 7 heteroatoms. The molecular formula is C22H29N4O3+. The van der Waals surface area contributed by atoms with Crippen LogP contribution in [0.5, 0.6) is 0 Å². The van der Waals surface area contributed by atoms with E-state index in [1.807, 2.05) is 38.1 Å². The minimum Gasteiger partial charge on any atom is -0.351 e. The number of likely N-dealkylation sites (N-methyl/N-ethyl adjacent to an activating group) is 1. The average Bonchev–Trinajstić information content (AvgIpc) is 2.66. The van der Waals surface area contributed by atoms with E-state index >= 15 is 0 Å². The Balaban J connectivity index is 1.98. The number of hydrogen-bond donors (Lipinski definition) is 4. The van der Waals surface area contributed by atoms with E-state index in [1.165, 1.54) is 0 Å². The van der Waals surface area contributed by atoms with E-state index in [0.717, 1.165) is 16.9 Å². The second-order valence-corrected chi connectivity index (χ2v) is 7.08. The number of carbonyl (C=O) groups excluding carboxylic acids is 3. The van der Waals surface area contributed by atoms with Crippen molar-refractivity contribution in [1.29, 1.82) is 0 Å². The van der Waals surface area contributed by atoms with Gasteiger partial charge in [0.2, 0.25) is 0 Å². The summed E-state index contributed by atoms with van der Waals surface area (Å²) in [5, 5.41) is 8.43. The average molecular weight is 397 g/mol. The molecule has 0 aliphatic carbocycles. The van der Waals surface area contributed by atoms with Crippen LogP contribution >= 0.6 is 0 Å². The number of carbonyl (C=O) groups is 3. The number of anilines is 2. The van der Waals surface area contributed by atoms with E-state index in [9.17, 15) is 14.4 Å². The van der Waals surface area contributed by atoms with Crippen LogP contribution in [-0.2, 0) is 9.59 Å². The minimum atomic E-state index is -0.300. The van der Waals surface area contributed by atoms with Crippen LogP contribution in [0.1, 0.15) is 29.3 Å². The SMILES string of the molecule is CCCNC(=O)C[NH+](C)CC(=O)Nc1ccccc1C(=O)Nc1cccc(C)c1. The fraction of sp³-hybridized carbons (Fsp3) is 0.318. The van der Waals surface area contributed by atoms with Crippen molar-refractivity contribution in [1.82, 2.24) is 5.32 Å². The smallest absolute Gasteiger partial charge is 0.279 e. The monoisotopic (exact) mass is 397 g/mol. The number of rotatable bonds is 9. The molecule has 0 radical (unpaired) electrons. The van der Waals surface area contributed by atoms with Gasteiger partial charge in [-0.05, 0) is 43.2 Å². The highest BCUT2D eigenvalue weighted by Crippen LogP contribution is 2.18. The number of aryl methyl sites for hydroxylation is 1. The summed E-state index contributed by atoms with van der Waals surface area (Å²) in [5.41, 5.74) is 2.54. The molecular weight excluding hydrogens is 368 g/mol. The van der Waals surface area contributed by atoms with Crippen LogP contribution in [0.4, 0.5) is 11.4 Å². The van der Waals surface area contributed by atoms with Crippen molar-refractivity contribution in [2.24, 2.45) is 0 Å². The summed E-state index contributed by atoms with van der Waals surface area (Å²) in [4.78, 5) is 37.6. The second kappa shape index (κ2) is 11.0. The summed E-state index contributed by atoms with van der Waals surface area (Å²) in [6.45, 7) is 4.89. The van der Waals surface area contributed by atoms with E-state index in [2.05, 4.69) is 16.0 Å². The lowest BCUT2D eigenvalue weighted by atomic mass is 10.1. The number of nitrogens with one attached hydrogen (secondary N) is 4. The summed E-state index contributed by atoms with van der Waals surface area (Å²) in [5.74, 6) is -0.650. The Morgan fingerprint density at radius 3 is 2.38 bits per heavy atom. The third kappa shape index (κ3) is 7.38.